The molecule has 5 heteroatoms. The molecule has 130 valence electrons. The van der Waals surface area contributed by atoms with Crippen molar-refractivity contribution >= 4 is 5.65 Å². The van der Waals surface area contributed by atoms with E-state index >= 15 is 0 Å². The maximum absolute atomic E-state index is 13.1. The monoisotopic (exact) mass is 339 g/mol. The second-order valence-electron chi connectivity index (χ2n) is 6.70. The van der Waals surface area contributed by atoms with E-state index in [-0.39, 0.29) is 11.4 Å². The summed E-state index contributed by atoms with van der Waals surface area (Å²) in [4.78, 5) is 19.1. The molecule has 0 N–H and O–H groups in total. The van der Waals surface area contributed by atoms with Crippen molar-refractivity contribution in [2.45, 2.75) is 26.9 Å². The molecule has 3 aromatic rings. The molecule has 0 atom stereocenters. The number of fused-ring (bicyclic) bond motifs is 1. The predicted molar refractivity (Wildman–Crippen MR) is 96.8 cm³/mol. The average Bonchev–Trinajstić information content (AvgIpc) is 2.56. The Balaban J connectivity index is 1.84. The molecule has 0 spiro atoms. The molecule has 0 aliphatic heterocycles. The summed E-state index contributed by atoms with van der Waals surface area (Å²) < 4.78 is 14.7. The van der Waals surface area contributed by atoms with Crippen molar-refractivity contribution in [3.8, 4) is 0 Å². The van der Waals surface area contributed by atoms with Crippen LogP contribution in [0.25, 0.3) is 5.65 Å². The third-order valence-electron chi connectivity index (χ3n) is 3.95. The summed E-state index contributed by atoms with van der Waals surface area (Å²) >= 11 is 0. The molecule has 0 saturated carbocycles. The van der Waals surface area contributed by atoms with Crippen LogP contribution >= 0.6 is 0 Å². The third kappa shape index (κ3) is 4.51. The van der Waals surface area contributed by atoms with E-state index in [1.165, 1.54) is 16.5 Å². The van der Waals surface area contributed by atoms with Gasteiger partial charge in [-0.05, 0) is 35.7 Å². The molecule has 0 aliphatic rings. The highest BCUT2D eigenvalue weighted by Gasteiger charge is 2.12. The van der Waals surface area contributed by atoms with E-state index < -0.39 is 0 Å². The molecule has 4 nitrogen and oxygen atoms in total. The summed E-state index contributed by atoms with van der Waals surface area (Å²) in [7, 11) is 0. The molecule has 3 rings (SSSR count). The Labute approximate surface area is 146 Å². The third-order valence-corrected chi connectivity index (χ3v) is 3.95. The zero-order chi connectivity index (χ0) is 17.8. The molecule has 1 aromatic carbocycles. The van der Waals surface area contributed by atoms with E-state index in [0.29, 0.717) is 24.7 Å². The van der Waals surface area contributed by atoms with Crippen LogP contribution in [0.15, 0.2) is 59.5 Å². The predicted octanol–water partition coefficient (Wildman–Crippen LogP) is 3.49. The number of benzene rings is 1. The van der Waals surface area contributed by atoms with Crippen LogP contribution in [0.1, 0.15) is 25.1 Å². The van der Waals surface area contributed by atoms with Crippen LogP contribution in [-0.4, -0.2) is 20.8 Å². The van der Waals surface area contributed by atoms with E-state index in [1.807, 2.05) is 18.2 Å². The van der Waals surface area contributed by atoms with Crippen molar-refractivity contribution in [2.24, 2.45) is 5.92 Å². The fourth-order valence-corrected chi connectivity index (χ4v) is 2.96. The molecule has 25 heavy (non-hydrogen) atoms. The summed E-state index contributed by atoms with van der Waals surface area (Å²) in [6.07, 6.45) is 1.72. The highest BCUT2D eigenvalue weighted by atomic mass is 19.1. The summed E-state index contributed by atoms with van der Waals surface area (Å²) in [5.74, 6) is 0.241. The molecule has 0 saturated heterocycles. The topological polar surface area (TPSA) is 37.6 Å². The van der Waals surface area contributed by atoms with Crippen molar-refractivity contribution in [1.29, 1.82) is 0 Å². The van der Waals surface area contributed by atoms with Gasteiger partial charge in [0.25, 0.3) is 5.56 Å². The highest BCUT2D eigenvalue weighted by molar-refractivity contribution is 5.38. The summed E-state index contributed by atoms with van der Waals surface area (Å²) in [5.41, 5.74) is 2.36. The molecular formula is C20H22FN3O. The number of hydrogen-bond donors (Lipinski definition) is 0. The fraction of sp³-hybridized carbons (Fsp3) is 0.300. The Morgan fingerprint density at radius 3 is 2.60 bits per heavy atom. The van der Waals surface area contributed by atoms with Crippen LogP contribution in [0.4, 0.5) is 4.39 Å². The number of nitrogens with zero attached hydrogens (tertiary/aromatic N) is 3. The minimum atomic E-state index is -0.233. The largest absolute Gasteiger partial charge is 0.293 e. The van der Waals surface area contributed by atoms with Crippen LogP contribution < -0.4 is 5.56 Å². The van der Waals surface area contributed by atoms with Crippen molar-refractivity contribution in [3.05, 3.63) is 82.2 Å². The lowest BCUT2D eigenvalue weighted by atomic mass is 10.1. The molecule has 0 amide bonds. The number of rotatable bonds is 6. The quantitative estimate of drug-likeness (QED) is 0.690. The molecule has 0 fully saturated rings. The van der Waals surface area contributed by atoms with Gasteiger partial charge in [-0.3, -0.25) is 14.1 Å². The Morgan fingerprint density at radius 1 is 1.12 bits per heavy atom. The van der Waals surface area contributed by atoms with Crippen molar-refractivity contribution in [3.63, 3.8) is 0 Å². The van der Waals surface area contributed by atoms with Gasteiger partial charge in [-0.25, -0.2) is 9.37 Å². The normalized spacial score (nSPS) is 11.6. The molecular weight excluding hydrogens is 317 g/mol. The Bertz CT molecular complexity index is 903. The van der Waals surface area contributed by atoms with Crippen LogP contribution in [-0.2, 0) is 13.1 Å². The van der Waals surface area contributed by atoms with Crippen LogP contribution in [0.5, 0.6) is 0 Å². The first-order valence-electron chi connectivity index (χ1n) is 8.45. The molecule has 0 bridgehead atoms. The SMILES string of the molecule is CC(C)CN(Cc1ccc(F)cc1)Cc1cc(=O)n2ccccc2n1. The maximum atomic E-state index is 13.1. The van der Waals surface area contributed by atoms with Gasteiger partial charge in [-0.2, -0.15) is 0 Å². The van der Waals surface area contributed by atoms with Crippen LogP contribution in [0.2, 0.25) is 0 Å². The van der Waals surface area contributed by atoms with E-state index in [9.17, 15) is 9.18 Å². The van der Waals surface area contributed by atoms with Gasteiger partial charge in [0.15, 0.2) is 0 Å². The van der Waals surface area contributed by atoms with Gasteiger partial charge in [-0.15, -0.1) is 0 Å². The van der Waals surface area contributed by atoms with Crippen molar-refractivity contribution in [1.82, 2.24) is 14.3 Å². The van der Waals surface area contributed by atoms with Gasteiger partial charge in [-0.1, -0.05) is 32.0 Å². The first-order chi connectivity index (χ1) is 12.0. The number of aromatic nitrogens is 2. The second kappa shape index (κ2) is 7.57. The van der Waals surface area contributed by atoms with Gasteiger partial charge < -0.3 is 0 Å². The van der Waals surface area contributed by atoms with Crippen molar-refractivity contribution < 1.29 is 4.39 Å². The molecule has 0 radical (unpaired) electrons. The zero-order valence-corrected chi connectivity index (χ0v) is 14.5. The minimum absolute atomic E-state index is 0.0770. The van der Waals surface area contributed by atoms with Gasteiger partial charge in [0, 0.05) is 31.9 Å². The van der Waals surface area contributed by atoms with Crippen LogP contribution in [0.3, 0.4) is 0 Å². The van der Waals surface area contributed by atoms with Gasteiger partial charge in [0.1, 0.15) is 11.5 Å². The number of hydrogen-bond acceptors (Lipinski definition) is 3. The van der Waals surface area contributed by atoms with Gasteiger partial charge >= 0.3 is 0 Å². The number of pyridine rings is 1. The lowest BCUT2D eigenvalue weighted by molar-refractivity contribution is 0.225. The first-order valence-corrected chi connectivity index (χ1v) is 8.45. The second-order valence-corrected chi connectivity index (χ2v) is 6.70. The lowest BCUT2D eigenvalue weighted by Crippen LogP contribution is -2.28. The fourth-order valence-electron chi connectivity index (χ4n) is 2.96. The lowest BCUT2D eigenvalue weighted by Gasteiger charge is -2.24. The standard InChI is InChI=1S/C20H22FN3O/c1-15(2)12-23(13-16-6-8-17(21)9-7-16)14-18-11-20(25)24-10-4-3-5-19(24)22-18/h3-11,15H,12-14H2,1-2H3. The Morgan fingerprint density at radius 2 is 1.88 bits per heavy atom. The summed E-state index contributed by atoms with van der Waals surface area (Å²) in [5, 5.41) is 0. The zero-order valence-electron chi connectivity index (χ0n) is 14.5. The Hall–Kier alpha value is -2.53. The van der Waals surface area contributed by atoms with Gasteiger partial charge in [0.2, 0.25) is 0 Å². The van der Waals surface area contributed by atoms with E-state index in [4.69, 9.17) is 0 Å². The smallest absolute Gasteiger partial charge is 0.258 e. The summed E-state index contributed by atoms with van der Waals surface area (Å²) in [6, 6.07) is 13.7. The van der Waals surface area contributed by atoms with E-state index in [0.717, 1.165) is 17.8 Å². The maximum Gasteiger partial charge on any atom is 0.258 e. The summed E-state index contributed by atoms with van der Waals surface area (Å²) in [6.45, 7) is 6.44. The van der Waals surface area contributed by atoms with Gasteiger partial charge in [0.05, 0.1) is 5.69 Å². The molecule has 0 aliphatic carbocycles. The van der Waals surface area contributed by atoms with E-state index in [2.05, 4.69) is 23.7 Å². The number of halogens is 1. The molecule has 2 aromatic heterocycles. The Kier molecular flexibility index (Phi) is 5.24. The minimum Gasteiger partial charge on any atom is -0.293 e. The van der Waals surface area contributed by atoms with Crippen LogP contribution in [0, 0.1) is 11.7 Å². The van der Waals surface area contributed by atoms with Crippen molar-refractivity contribution in [2.75, 3.05) is 6.54 Å². The average molecular weight is 339 g/mol. The molecule has 0 unspecified atom stereocenters. The molecule has 2 heterocycles. The highest BCUT2D eigenvalue weighted by Crippen LogP contribution is 2.12. The first kappa shape index (κ1) is 17.3. The van der Waals surface area contributed by atoms with E-state index in [1.54, 1.807) is 24.4 Å².